The Labute approximate surface area is 120 Å². The molecule has 2 rings (SSSR count). The van der Waals surface area contributed by atoms with Gasteiger partial charge in [-0.15, -0.1) is 0 Å². The number of hydrogen-bond donors (Lipinski definition) is 3. The Morgan fingerprint density at radius 2 is 2.19 bits per heavy atom. The summed E-state index contributed by atoms with van der Waals surface area (Å²) in [4.78, 5) is 22.4. The summed E-state index contributed by atoms with van der Waals surface area (Å²) in [5.74, 6) is 4.04. The number of anilines is 1. The molecule has 114 valence electrons. The molecule has 0 radical (unpaired) electrons. The maximum Gasteiger partial charge on any atom is 0.285 e. The van der Waals surface area contributed by atoms with Gasteiger partial charge in [-0.3, -0.25) is 20.8 Å². The molecule has 0 aromatic heterocycles. The number of rotatable bonds is 5. The number of nitrogen functional groups attached to an aromatic ring is 1. The van der Waals surface area contributed by atoms with Crippen LogP contribution in [0.2, 0.25) is 0 Å². The molecule has 0 bridgehead atoms. The van der Waals surface area contributed by atoms with Gasteiger partial charge in [0.05, 0.1) is 16.7 Å². The third-order valence-electron chi connectivity index (χ3n) is 3.90. The molecule has 21 heavy (non-hydrogen) atoms. The first kappa shape index (κ1) is 15.2. The van der Waals surface area contributed by atoms with E-state index in [0.717, 1.165) is 25.3 Å². The Kier molecular flexibility index (Phi) is 4.37. The van der Waals surface area contributed by atoms with Crippen molar-refractivity contribution in [3.63, 3.8) is 0 Å². The molecule has 0 saturated heterocycles. The van der Waals surface area contributed by atoms with Crippen molar-refractivity contribution in [1.82, 2.24) is 5.32 Å². The number of hydrazine groups is 1. The van der Waals surface area contributed by atoms with Gasteiger partial charge in [0, 0.05) is 6.04 Å². The number of nitro benzene ring substituents is 1. The Hall–Kier alpha value is -2.22. The summed E-state index contributed by atoms with van der Waals surface area (Å²) in [5, 5.41) is 13.7. The molecule has 1 fully saturated rings. The lowest BCUT2D eigenvalue weighted by Gasteiger charge is -2.31. The van der Waals surface area contributed by atoms with E-state index in [4.69, 9.17) is 5.84 Å². The molecule has 0 spiro atoms. The first-order valence-electron chi connectivity index (χ1n) is 6.69. The highest BCUT2D eigenvalue weighted by Gasteiger charge is 2.28. The smallest absolute Gasteiger partial charge is 0.285 e. The van der Waals surface area contributed by atoms with E-state index < -0.39 is 22.3 Å². The monoisotopic (exact) mass is 296 g/mol. The molecular weight excluding hydrogens is 279 g/mol. The predicted octanol–water partition coefficient (Wildman–Crippen LogP) is 1.94. The molecule has 8 heteroatoms. The second-order valence-corrected chi connectivity index (χ2v) is 5.20. The third kappa shape index (κ3) is 3.10. The molecule has 7 nitrogen and oxygen atoms in total. The number of nitrogens with one attached hydrogen (secondary N) is 2. The lowest BCUT2D eigenvalue weighted by Crippen LogP contribution is -2.40. The predicted molar refractivity (Wildman–Crippen MR) is 75.1 cm³/mol. The fraction of sp³-hybridized carbons (Fsp3) is 0.462. The normalized spacial score (nSPS) is 16.0. The number of amides is 1. The SMILES string of the molecule is CC(NC(=O)c1cc(NN)c(F)cc1[N+](=O)[O-])C1CCC1. The van der Waals surface area contributed by atoms with Gasteiger partial charge in [0.15, 0.2) is 5.82 Å². The number of nitrogens with two attached hydrogens (primary N) is 1. The average molecular weight is 296 g/mol. The van der Waals surface area contributed by atoms with Crippen LogP contribution in [0.3, 0.4) is 0 Å². The van der Waals surface area contributed by atoms with Gasteiger partial charge in [-0.1, -0.05) is 6.42 Å². The zero-order valence-corrected chi connectivity index (χ0v) is 11.6. The quantitative estimate of drug-likeness (QED) is 0.437. The summed E-state index contributed by atoms with van der Waals surface area (Å²) in [5.41, 5.74) is 1.13. The van der Waals surface area contributed by atoms with Crippen molar-refractivity contribution in [3.05, 3.63) is 33.6 Å². The molecule has 1 aromatic rings. The Morgan fingerprint density at radius 3 is 2.67 bits per heavy atom. The van der Waals surface area contributed by atoms with Crippen LogP contribution in [-0.2, 0) is 0 Å². The molecule has 1 saturated carbocycles. The van der Waals surface area contributed by atoms with E-state index in [1.54, 1.807) is 0 Å². The second-order valence-electron chi connectivity index (χ2n) is 5.20. The van der Waals surface area contributed by atoms with Crippen LogP contribution in [-0.4, -0.2) is 16.9 Å². The largest absolute Gasteiger partial charge is 0.349 e. The number of halogens is 1. The van der Waals surface area contributed by atoms with Gasteiger partial charge < -0.3 is 10.7 Å². The zero-order chi connectivity index (χ0) is 15.6. The van der Waals surface area contributed by atoms with E-state index in [1.807, 2.05) is 6.92 Å². The molecule has 1 aromatic carbocycles. The van der Waals surface area contributed by atoms with Gasteiger partial charge in [-0.25, -0.2) is 4.39 Å². The standard InChI is InChI=1S/C13H17FN4O3/c1-7(8-3-2-4-8)16-13(19)9-5-11(17-15)10(14)6-12(9)18(20)21/h5-8,17H,2-4,15H2,1H3,(H,16,19). The number of hydrogen-bond acceptors (Lipinski definition) is 5. The summed E-state index contributed by atoms with van der Waals surface area (Å²) < 4.78 is 13.5. The molecular formula is C13H17FN4O3. The average Bonchev–Trinajstić information content (AvgIpc) is 2.35. The van der Waals surface area contributed by atoms with Gasteiger partial charge in [-0.2, -0.15) is 0 Å². The Morgan fingerprint density at radius 1 is 1.52 bits per heavy atom. The minimum absolute atomic E-state index is 0.0785. The van der Waals surface area contributed by atoms with Crippen molar-refractivity contribution in [2.45, 2.75) is 32.2 Å². The van der Waals surface area contributed by atoms with Crippen LogP contribution >= 0.6 is 0 Å². The van der Waals surface area contributed by atoms with Crippen LogP contribution in [0.25, 0.3) is 0 Å². The lowest BCUT2D eigenvalue weighted by atomic mass is 9.80. The van der Waals surface area contributed by atoms with E-state index in [2.05, 4.69) is 10.7 Å². The molecule has 4 N–H and O–H groups in total. The van der Waals surface area contributed by atoms with Crippen molar-refractivity contribution in [2.75, 3.05) is 5.43 Å². The topological polar surface area (TPSA) is 110 Å². The third-order valence-corrected chi connectivity index (χ3v) is 3.90. The summed E-state index contributed by atoms with van der Waals surface area (Å²) in [7, 11) is 0. The van der Waals surface area contributed by atoms with Crippen LogP contribution < -0.4 is 16.6 Å². The molecule has 0 heterocycles. The lowest BCUT2D eigenvalue weighted by molar-refractivity contribution is -0.385. The van der Waals surface area contributed by atoms with Gasteiger partial charge in [0.2, 0.25) is 0 Å². The van der Waals surface area contributed by atoms with Crippen molar-refractivity contribution in [3.8, 4) is 0 Å². The number of carbonyl (C=O) groups is 1. The summed E-state index contributed by atoms with van der Waals surface area (Å²) in [6.45, 7) is 1.86. The van der Waals surface area contributed by atoms with Crippen LogP contribution in [0, 0.1) is 21.8 Å². The van der Waals surface area contributed by atoms with Crippen LogP contribution in [0.4, 0.5) is 15.8 Å². The molecule has 1 atom stereocenters. The summed E-state index contributed by atoms with van der Waals surface area (Å²) >= 11 is 0. The maximum absolute atomic E-state index is 13.5. The number of nitrogens with zero attached hydrogens (tertiary/aromatic N) is 1. The van der Waals surface area contributed by atoms with E-state index >= 15 is 0 Å². The number of nitro groups is 1. The van der Waals surface area contributed by atoms with Gasteiger partial charge in [0.25, 0.3) is 11.6 Å². The van der Waals surface area contributed by atoms with E-state index in [1.165, 1.54) is 0 Å². The first-order valence-corrected chi connectivity index (χ1v) is 6.69. The van der Waals surface area contributed by atoms with E-state index in [-0.39, 0.29) is 17.3 Å². The van der Waals surface area contributed by atoms with E-state index in [0.29, 0.717) is 12.0 Å². The first-order chi connectivity index (χ1) is 9.93. The zero-order valence-electron chi connectivity index (χ0n) is 11.6. The molecule has 1 unspecified atom stereocenters. The van der Waals surface area contributed by atoms with Gasteiger partial charge >= 0.3 is 0 Å². The minimum Gasteiger partial charge on any atom is -0.349 e. The Bertz CT molecular complexity index is 575. The Balaban J connectivity index is 2.27. The van der Waals surface area contributed by atoms with Gasteiger partial charge in [-0.05, 0) is 31.7 Å². The fourth-order valence-electron chi connectivity index (χ4n) is 2.35. The summed E-state index contributed by atoms with van der Waals surface area (Å²) in [6.07, 6.45) is 3.19. The summed E-state index contributed by atoms with van der Waals surface area (Å²) in [6, 6.07) is 1.67. The highest BCUT2D eigenvalue weighted by atomic mass is 19.1. The molecule has 0 aliphatic heterocycles. The fourth-order valence-corrected chi connectivity index (χ4v) is 2.35. The number of benzene rings is 1. The van der Waals surface area contributed by atoms with E-state index in [9.17, 15) is 19.3 Å². The van der Waals surface area contributed by atoms with Crippen LogP contribution in [0.1, 0.15) is 36.5 Å². The van der Waals surface area contributed by atoms with Crippen molar-refractivity contribution >= 4 is 17.3 Å². The van der Waals surface area contributed by atoms with Crippen LogP contribution in [0.5, 0.6) is 0 Å². The van der Waals surface area contributed by atoms with Crippen molar-refractivity contribution in [1.29, 1.82) is 0 Å². The van der Waals surface area contributed by atoms with Gasteiger partial charge in [0.1, 0.15) is 5.56 Å². The van der Waals surface area contributed by atoms with Crippen molar-refractivity contribution in [2.24, 2.45) is 11.8 Å². The molecule has 1 aliphatic rings. The maximum atomic E-state index is 13.5. The van der Waals surface area contributed by atoms with Crippen molar-refractivity contribution < 1.29 is 14.1 Å². The highest BCUT2D eigenvalue weighted by molar-refractivity contribution is 5.99. The molecule has 1 aliphatic carbocycles. The second kappa shape index (κ2) is 6.04. The number of carbonyl (C=O) groups excluding carboxylic acids is 1. The highest BCUT2D eigenvalue weighted by Crippen LogP contribution is 2.30. The van der Waals surface area contributed by atoms with Crippen LogP contribution in [0.15, 0.2) is 12.1 Å². The molecule has 1 amide bonds. The minimum atomic E-state index is -0.882.